The number of aromatic nitrogens is 3. The summed E-state index contributed by atoms with van der Waals surface area (Å²) in [5.41, 5.74) is 2.37. The van der Waals surface area contributed by atoms with E-state index in [4.69, 9.17) is 9.15 Å². The molecule has 0 saturated carbocycles. The van der Waals surface area contributed by atoms with Gasteiger partial charge in [-0.2, -0.15) is 0 Å². The molecule has 0 unspecified atom stereocenters. The van der Waals surface area contributed by atoms with Crippen molar-refractivity contribution in [2.24, 2.45) is 0 Å². The van der Waals surface area contributed by atoms with E-state index in [1.807, 2.05) is 25.4 Å². The van der Waals surface area contributed by atoms with E-state index in [9.17, 15) is 4.79 Å². The highest BCUT2D eigenvalue weighted by Gasteiger charge is 2.19. The van der Waals surface area contributed by atoms with E-state index >= 15 is 0 Å². The van der Waals surface area contributed by atoms with Gasteiger partial charge in [0, 0.05) is 56.6 Å². The molecule has 29 heavy (non-hydrogen) atoms. The van der Waals surface area contributed by atoms with Crippen molar-refractivity contribution in [2.45, 2.75) is 51.0 Å². The first-order valence-electron chi connectivity index (χ1n) is 10.4. The number of aromatic amines is 1. The van der Waals surface area contributed by atoms with Gasteiger partial charge in [0.2, 0.25) is 17.7 Å². The SMILES string of the molecule is CN(C[C@H]1CCCCO1)C(=O)CCc1nnc(CCc2c[nH]c3ccccc23)o1. The van der Waals surface area contributed by atoms with Crippen LogP contribution in [0.5, 0.6) is 0 Å². The van der Waals surface area contributed by atoms with Gasteiger partial charge in [-0.1, -0.05) is 18.2 Å². The van der Waals surface area contributed by atoms with Crippen LogP contribution in [0.4, 0.5) is 0 Å². The van der Waals surface area contributed by atoms with Crippen LogP contribution in [0.25, 0.3) is 10.9 Å². The van der Waals surface area contributed by atoms with Crippen LogP contribution >= 0.6 is 0 Å². The third-order valence-electron chi connectivity index (χ3n) is 5.52. The van der Waals surface area contributed by atoms with Crippen molar-refractivity contribution < 1.29 is 13.9 Å². The molecule has 1 aromatic carbocycles. The highest BCUT2D eigenvalue weighted by Crippen LogP contribution is 2.19. The zero-order valence-corrected chi connectivity index (χ0v) is 16.9. The molecule has 0 spiro atoms. The number of para-hydroxylation sites is 1. The van der Waals surface area contributed by atoms with Gasteiger partial charge in [-0.05, 0) is 37.3 Å². The van der Waals surface area contributed by atoms with Gasteiger partial charge in [-0.3, -0.25) is 4.79 Å². The molecule has 1 saturated heterocycles. The average molecular weight is 396 g/mol. The van der Waals surface area contributed by atoms with Crippen LogP contribution in [-0.4, -0.2) is 52.3 Å². The number of hydrogen-bond donors (Lipinski definition) is 1. The molecule has 2 aromatic heterocycles. The van der Waals surface area contributed by atoms with Gasteiger partial charge in [0.15, 0.2) is 0 Å². The molecular formula is C22H28N4O3. The molecule has 1 amide bonds. The van der Waals surface area contributed by atoms with Crippen LogP contribution in [0.15, 0.2) is 34.9 Å². The lowest BCUT2D eigenvalue weighted by Gasteiger charge is -2.27. The van der Waals surface area contributed by atoms with Crippen molar-refractivity contribution in [3.05, 3.63) is 47.8 Å². The number of rotatable bonds is 8. The van der Waals surface area contributed by atoms with E-state index < -0.39 is 0 Å². The summed E-state index contributed by atoms with van der Waals surface area (Å²) >= 11 is 0. The maximum absolute atomic E-state index is 12.4. The lowest BCUT2D eigenvalue weighted by atomic mass is 10.1. The van der Waals surface area contributed by atoms with Gasteiger partial charge < -0.3 is 19.0 Å². The third kappa shape index (κ3) is 5.03. The minimum absolute atomic E-state index is 0.0812. The van der Waals surface area contributed by atoms with Crippen LogP contribution in [-0.2, 0) is 28.8 Å². The normalized spacial score (nSPS) is 16.9. The van der Waals surface area contributed by atoms with Crippen molar-refractivity contribution in [2.75, 3.05) is 20.2 Å². The molecule has 7 nitrogen and oxygen atoms in total. The molecule has 154 valence electrons. The van der Waals surface area contributed by atoms with Gasteiger partial charge in [-0.15, -0.1) is 10.2 Å². The fourth-order valence-electron chi connectivity index (χ4n) is 3.83. The van der Waals surface area contributed by atoms with E-state index in [1.54, 1.807) is 4.90 Å². The van der Waals surface area contributed by atoms with Crippen molar-refractivity contribution in [3.8, 4) is 0 Å². The average Bonchev–Trinajstić information content (AvgIpc) is 3.38. The lowest BCUT2D eigenvalue weighted by Crippen LogP contribution is -2.37. The van der Waals surface area contributed by atoms with Crippen LogP contribution in [0.3, 0.4) is 0 Å². The lowest BCUT2D eigenvalue weighted by molar-refractivity contribution is -0.132. The molecular weight excluding hydrogens is 368 g/mol. The Morgan fingerprint density at radius 2 is 2.00 bits per heavy atom. The Hall–Kier alpha value is -2.67. The largest absolute Gasteiger partial charge is 0.425 e. The summed E-state index contributed by atoms with van der Waals surface area (Å²) in [6.45, 7) is 1.45. The monoisotopic (exact) mass is 396 g/mol. The van der Waals surface area contributed by atoms with Crippen LogP contribution in [0, 0.1) is 0 Å². The number of aryl methyl sites for hydroxylation is 3. The summed E-state index contributed by atoms with van der Waals surface area (Å²) in [5.74, 6) is 1.22. The number of H-pyrrole nitrogens is 1. The van der Waals surface area contributed by atoms with Gasteiger partial charge in [0.25, 0.3) is 0 Å². The maximum atomic E-state index is 12.4. The third-order valence-corrected chi connectivity index (χ3v) is 5.52. The number of benzene rings is 1. The number of likely N-dealkylation sites (N-methyl/N-ethyl adjacent to an activating group) is 1. The minimum atomic E-state index is 0.0812. The first-order valence-corrected chi connectivity index (χ1v) is 10.4. The second-order valence-electron chi connectivity index (χ2n) is 7.71. The Morgan fingerprint density at radius 3 is 2.83 bits per heavy atom. The van der Waals surface area contributed by atoms with Gasteiger partial charge in [-0.25, -0.2) is 0 Å². The van der Waals surface area contributed by atoms with E-state index in [0.29, 0.717) is 37.6 Å². The number of fused-ring (bicyclic) bond motifs is 1. The van der Waals surface area contributed by atoms with Crippen molar-refractivity contribution in [3.63, 3.8) is 0 Å². The van der Waals surface area contributed by atoms with Gasteiger partial charge in [0.05, 0.1) is 6.10 Å². The predicted molar refractivity (Wildman–Crippen MR) is 110 cm³/mol. The summed E-state index contributed by atoms with van der Waals surface area (Å²) < 4.78 is 11.5. The van der Waals surface area contributed by atoms with Crippen molar-refractivity contribution >= 4 is 16.8 Å². The summed E-state index contributed by atoms with van der Waals surface area (Å²) in [7, 11) is 1.83. The standard InChI is InChI=1S/C22H28N4O3/c1-26(15-17-6-4-5-13-28-17)22(27)12-11-21-25-24-20(29-21)10-9-16-14-23-19-8-3-2-7-18(16)19/h2-3,7-8,14,17,23H,4-6,9-13,15H2,1H3/t17-/m1/s1. The number of nitrogens with zero attached hydrogens (tertiary/aromatic N) is 3. The zero-order valence-electron chi connectivity index (χ0n) is 16.9. The summed E-state index contributed by atoms with van der Waals surface area (Å²) in [4.78, 5) is 17.4. The molecule has 1 aliphatic rings. The second-order valence-corrected chi connectivity index (χ2v) is 7.71. The molecule has 3 aromatic rings. The van der Waals surface area contributed by atoms with E-state index in [0.717, 1.165) is 31.4 Å². The highest BCUT2D eigenvalue weighted by atomic mass is 16.5. The first kappa shape index (κ1) is 19.6. The fourth-order valence-corrected chi connectivity index (χ4v) is 3.83. The molecule has 1 N–H and O–H groups in total. The Balaban J connectivity index is 1.24. The summed E-state index contributed by atoms with van der Waals surface area (Å²) in [5, 5.41) is 9.47. The van der Waals surface area contributed by atoms with Crippen LogP contribution in [0.2, 0.25) is 0 Å². The maximum Gasteiger partial charge on any atom is 0.222 e. The zero-order chi connectivity index (χ0) is 20.1. The Kier molecular flexibility index (Phi) is 6.24. The number of amides is 1. The smallest absolute Gasteiger partial charge is 0.222 e. The Labute approximate surface area is 170 Å². The predicted octanol–water partition coefficient (Wildman–Crippen LogP) is 3.30. The Bertz CT molecular complexity index is 942. The quantitative estimate of drug-likeness (QED) is 0.632. The van der Waals surface area contributed by atoms with Crippen LogP contribution < -0.4 is 0 Å². The summed E-state index contributed by atoms with van der Waals surface area (Å²) in [6.07, 6.45) is 7.87. The number of nitrogens with one attached hydrogen (secondary N) is 1. The topological polar surface area (TPSA) is 84.2 Å². The molecule has 7 heteroatoms. The van der Waals surface area contributed by atoms with Gasteiger partial charge in [0.1, 0.15) is 0 Å². The molecule has 0 bridgehead atoms. The van der Waals surface area contributed by atoms with E-state index in [2.05, 4.69) is 27.3 Å². The molecule has 1 fully saturated rings. The molecule has 3 heterocycles. The van der Waals surface area contributed by atoms with E-state index in [-0.39, 0.29) is 12.0 Å². The van der Waals surface area contributed by atoms with Crippen molar-refractivity contribution in [1.82, 2.24) is 20.1 Å². The van der Waals surface area contributed by atoms with Gasteiger partial charge >= 0.3 is 0 Å². The second kappa shape index (κ2) is 9.22. The van der Waals surface area contributed by atoms with Crippen molar-refractivity contribution in [1.29, 1.82) is 0 Å². The van der Waals surface area contributed by atoms with Crippen LogP contribution in [0.1, 0.15) is 43.0 Å². The highest BCUT2D eigenvalue weighted by molar-refractivity contribution is 5.83. The number of ether oxygens (including phenoxy) is 1. The summed E-state index contributed by atoms with van der Waals surface area (Å²) in [6, 6.07) is 8.24. The first-order chi connectivity index (χ1) is 14.2. The fraction of sp³-hybridized carbons (Fsp3) is 0.500. The molecule has 1 atom stereocenters. The number of carbonyl (C=O) groups is 1. The minimum Gasteiger partial charge on any atom is -0.425 e. The molecule has 0 aliphatic carbocycles. The molecule has 1 aliphatic heterocycles. The van der Waals surface area contributed by atoms with E-state index in [1.165, 1.54) is 17.4 Å². The molecule has 0 radical (unpaired) electrons. The molecule has 4 rings (SSSR count). The number of hydrogen-bond acceptors (Lipinski definition) is 5. The number of carbonyl (C=O) groups excluding carboxylic acids is 1. The Morgan fingerprint density at radius 1 is 1.17 bits per heavy atom.